The maximum absolute atomic E-state index is 13.2. The van der Waals surface area contributed by atoms with Crippen molar-refractivity contribution in [2.45, 2.75) is 26.7 Å². The van der Waals surface area contributed by atoms with E-state index in [0.29, 0.717) is 18.9 Å². The molecule has 1 unspecified atom stereocenters. The molecule has 2 amide bonds. The Morgan fingerprint density at radius 2 is 1.90 bits per heavy atom. The first-order chi connectivity index (χ1) is 14.9. The molecular formula is C23H24ClN5O2. The van der Waals surface area contributed by atoms with E-state index in [2.05, 4.69) is 15.4 Å². The fraction of sp³-hybridized carbons (Fsp3) is 0.304. The van der Waals surface area contributed by atoms with Gasteiger partial charge in [-0.25, -0.2) is 9.67 Å². The minimum Gasteiger partial charge on any atom is -0.336 e. The first-order valence-electron chi connectivity index (χ1n) is 10.3. The number of nitrogens with zero attached hydrogens (tertiary/aromatic N) is 4. The topological polar surface area (TPSA) is 80.1 Å². The Morgan fingerprint density at radius 3 is 2.61 bits per heavy atom. The summed E-state index contributed by atoms with van der Waals surface area (Å²) in [6, 6.07) is 14.7. The largest absolute Gasteiger partial charge is 0.336 e. The highest BCUT2D eigenvalue weighted by molar-refractivity contribution is 6.33. The molecule has 1 saturated heterocycles. The molecule has 0 aliphatic carbocycles. The van der Waals surface area contributed by atoms with Gasteiger partial charge in [-0.3, -0.25) is 9.59 Å². The van der Waals surface area contributed by atoms with Gasteiger partial charge in [0.1, 0.15) is 5.69 Å². The summed E-state index contributed by atoms with van der Waals surface area (Å²) in [5.74, 6) is -0.102. The van der Waals surface area contributed by atoms with Gasteiger partial charge in [-0.05, 0) is 57.0 Å². The Labute approximate surface area is 186 Å². The van der Waals surface area contributed by atoms with Crippen LogP contribution in [0.3, 0.4) is 0 Å². The third kappa shape index (κ3) is 4.61. The van der Waals surface area contributed by atoms with Crippen LogP contribution in [0.15, 0.2) is 48.5 Å². The van der Waals surface area contributed by atoms with Crippen molar-refractivity contribution in [3.8, 4) is 5.82 Å². The van der Waals surface area contributed by atoms with Gasteiger partial charge in [0.05, 0.1) is 16.6 Å². The molecule has 1 fully saturated rings. The van der Waals surface area contributed by atoms with Gasteiger partial charge in [0.2, 0.25) is 5.91 Å². The van der Waals surface area contributed by atoms with E-state index in [1.807, 2.05) is 50.2 Å². The molecular weight excluding hydrogens is 414 g/mol. The van der Waals surface area contributed by atoms with E-state index in [0.717, 1.165) is 29.9 Å². The first kappa shape index (κ1) is 21.1. The summed E-state index contributed by atoms with van der Waals surface area (Å²) in [7, 11) is 0. The number of nitrogens with one attached hydrogen (secondary N) is 1. The van der Waals surface area contributed by atoms with Gasteiger partial charge in [0.15, 0.2) is 5.82 Å². The standard InChI is InChI=1S/C23H24ClN5O2/c1-15-13-16(2)29(27-15)20-11-10-19(24)21(26-20)23(31)28-12-6-7-17(14-28)22(30)25-18-8-4-3-5-9-18/h3-5,8-11,13,17H,6-7,12,14H2,1-2H3,(H,25,30). The maximum Gasteiger partial charge on any atom is 0.274 e. The number of para-hydroxylation sites is 1. The Balaban J connectivity index is 1.52. The lowest BCUT2D eigenvalue weighted by molar-refractivity contribution is -0.121. The minimum absolute atomic E-state index is 0.0841. The molecule has 0 bridgehead atoms. The van der Waals surface area contributed by atoms with E-state index in [-0.39, 0.29) is 28.4 Å². The molecule has 1 aromatic carbocycles. The molecule has 1 aliphatic rings. The van der Waals surface area contributed by atoms with Crippen LogP contribution in [-0.4, -0.2) is 44.6 Å². The summed E-state index contributed by atoms with van der Waals surface area (Å²) >= 11 is 6.33. The average Bonchev–Trinajstić information content (AvgIpc) is 3.12. The van der Waals surface area contributed by atoms with Crippen molar-refractivity contribution >= 4 is 29.1 Å². The number of carbonyl (C=O) groups is 2. The van der Waals surface area contributed by atoms with Gasteiger partial charge in [-0.1, -0.05) is 29.8 Å². The number of aromatic nitrogens is 3. The molecule has 31 heavy (non-hydrogen) atoms. The average molecular weight is 438 g/mol. The Hall–Kier alpha value is -3.19. The predicted octanol–water partition coefficient (Wildman–Crippen LogP) is 4.03. The number of rotatable bonds is 4. The second kappa shape index (κ2) is 8.89. The molecule has 1 N–H and O–H groups in total. The number of piperidine rings is 1. The van der Waals surface area contributed by atoms with Crippen molar-refractivity contribution < 1.29 is 9.59 Å². The van der Waals surface area contributed by atoms with Crippen molar-refractivity contribution in [2.75, 3.05) is 18.4 Å². The molecule has 2 aromatic heterocycles. The smallest absolute Gasteiger partial charge is 0.274 e. The lowest BCUT2D eigenvalue weighted by Crippen LogP contribution is -2.44. The zero-order valence-corrected chi connectivity index (χ0v) is 18.3. The van der Waals surface area contributed by atoms with E-state index >= 15 is 0 Å². The van der Waals surface area contributed by atoms with Gasteiger partial charge in [0.25, 0.3) is 5.91 Å². The third-order valence-corrected chi connectivity index (χ3v) is 5.69. The van der Waals surface area contributed by atoms with E-state index in [1.54, 1.807) is 21.7 Å². The molecule has 8 heteroatoms. The summed E-state index contributed by atoms with van der Waals surface area (Å²) in [5, 5.41) is 7.65. The highest BCUT2D eigenvalue weighted by atomic mass is 35.5. The van der Waals surface area contributed by atoms with E-state index in [1.165, 1.54) is 0 Å². The van der Waals surface area contributed by atoms with Crippen LogP contribution >= 0.6 is 11.6 Å². The molecule has 7 nitrogen and oxygen atoms in total. The maximum atomic E-state index is 13.2. The van der Waals surface area contributed by atoms with Gasteiger partial charge < -0.3 is 10.2 Å². The molecule has 0 spiro atoms. The number of benzene rings is 1. The van der Waals surface area contributed by atoms with E-state index < -0.39 is 0 Å². The quantitative estimate of drug-likeness (QED) is 0.668. The van der Waals surface area contributed by atoms with Gasteiger partial charge in [-0.2, -0.15) is 5.10 Å². The number of aryl methyl sites for hydroxylation is 2. The SMILES string of the molecule is Cc1cc(C)n(-c2ccc(Cl)c(C(=O)N3CCCC(C(=O)Nc4ccccc4)C3)n2)n1. The number of hydrogen-bond acceptors (Lipinski definition) is 4. The highest BCUT2D eigenvalue weighted by Crippen LogP contribution is 2.24. The molecule has 3 aromatic rings. The zero-order chi connectivity index (χ0) is 22.0. The molecule has 0 radical (unpaired) electrons. The lowest BCUT2D eigenvalue weighted by atomic mass is 9.96. The van der Waals surface area contributed by atoms with Crippen molar-refractivity contribution in [1.82, 2.24) is 19.7 Å². The summed E-state index contributed by atoms with van der Waals surface area (Å²) < 4.78 is 1.69. The van der Waals surface area contributed by atoms with Crippen LogP contribution in [0.2, 0.25) is 5.02 Å². The van der Waals surface area contributed by atoms with Crippen LogP contribution in [0.4, 0.5) is 5.69 Å². The number of halogens is 1. The number of likely N-dealkylation sites (tertiary alicyclic amines) is 1. The molecule has 160 valence electrons. The predicted molar refractivity (Wildman–Crippen MR) is 120 cm³/mol. The molecule has 1 aliphatic heterocycles. The second-order valence-corrected chi connectivity index (χ2v) is 8.19. The number of anilines is 1. The third-order valence-electron chi connectivity index (χ3n) is 5.38. The molecule has 1 atom stereocenters. The first-order valence-corrected chi connectivity index (χ1v) is 10.7. The Kier molecular flexibility index (Phi) is 6.04. The Morgan fingerprint density at radius 1 is 1.13 bits per heavy atom. The van der Waals surface area contributed by atoms with Gasteiger partial charge in [-0.15, -0.1) is 0 Å². The van der Waals surface area contributed by atoms with Crippen molar-refractivity contribution in [3.63, 3.8) is 0 Å². The van der Waals surface area contributed by atoms with Crippen molar-refractivity contribution in [3.05, 3.63) is 70.6 Å². The normalized spacial score (nSPS) is 16.2. The summed E-state index contributed by atoms with van der Waals surface area (Å²) in [4.78, 5) is 32.1. The second-order valence-electron chi connectivity index (χ2n) is 7.78. The fourth-order valence-corrected chi connectivity index (χ4v) is 4.04. The number of carbonyl (C=O) groups excluding carboxylic acids is 2. The van der Waals surface area contributed by atoms with E-state index in [9.17, 15) is 9.59 Å². The minimum atomic E-state index is -0.282. The summed E-state index contributed by atoms with van der Waals surface area (Å²) in [5.41, 5.74) is 2.71. The van der Waals surface area contributed by atoms with Crippen LogP contribution in [0.5, 0.6) is 0 Å². The number of amides is 2. The zero-order valence-electron chi connectivity index (χ0n) is 17.5. The lowest BCUT2D eigenvalue weighted by Gasteiger charge is -2.32. The summed E-state index contributed by atoms with van der Waals surface area (Å²) in [6.07, 6.45) is 1.47. The van der Waals surface area contributed by atoms with Gasteiger partial charge >= 0.3 is 0 Å². The van der Waals surface area contributed by atoms with Crippen LogP contribution < -0.4 is 5.32 Å². The highest BCUT2D eigenvalue weighted by Gasteiger charge is 2.30. The van der Waals surface area contributed by atoms with Crippen LogP contribution in [-0.2, 0) is 4.79 Å². The Bertz CT molecular complexity index is 1110. The fourth-order valence-electron chi connectivity index (χ4n) is 3.85. The molecule has 4 rings (SSSR count). The van der Waals surface area contributed by atoms with Crippen molar-refractivity contribution in [1.29, 1.82) is 0 Å². The van der Waals surface area contributed by atoms with E-state index in [4.69, 9.17) is 11.6 Å². The molecule has 0 saturated carbocycles. The van der Waals surface area contributed by atoms with Crippen LogP contribution in [0.25, 0.3) is 5.82 Å². The van der Waals surface area contributed by atoms with Crippen LogP contribution in [0.1, 0.15) is 34.7 Å². The number of hydrogen-bond donors (Lipinski definition) is 1. The van der Waals surface area contributed by atoms with Crippen molar-refractivity contribution in [2.24, 2.45) is 5.92 Å². The number of pyridine rings is 1. The van der Waals surface area contributed by atoms with Crippen LogP contribution in [0, 0.1) is 19.8 Å². The monoisotopic (exact) mass is 437 g/mol. The molecule has 3 heterocycles. The summed E-state index contributed by atoms with van der Waals surface area (Å²) in [6.45, 7) is 4.73. The van der Waals surface area contributed by atoms with Gasteiger partial charge in [0, 0.05) is 24.5 Å².